The van der Waals surface area contributed by atoms with E-state index in [9.17, 15) is 15.0 Å². The molecule has 120 valence electrons. The van der Waals surface area contributed by atoms with E-state index in [2.05, 4.69) is 0 Å². The zero-order valence-corrected chi connectivity index (χ0v) is 13.3. The number of hydrogen-bond donors (Lipinski definition) is 2. The van der Waals surface area contributed by atoms with Gasteiger partial charge in [-0.2, -0.15) is 0 Å². The molecule has 3 atom stereocenters. The van der Waals surface area contributed by atoms with E-state index in [0.717, 1.165) is 19.3 Å². The number of nitrogens with zero attached hydrogens (tertiary/aromatic N) is 1. The van der Waals surface area contributed by atoms with Gasteiger partial charge in [0.05, 0.1) is 19.7 Å². The number of rotatable bonds is 2. The molecule has 2 N–H and O–H groups in total. The summed E-state index contributed by atoms with van der Waals surface area (Å²) in [6, 6.07) is 0. The van der Waals surface area contributed by atoms with Crippen molar-refractivity contribution in [2.75, 3.05) is 19.7 Å². The maximum absolute atomic E-state index is 12.0. The minimum absolute atomic E-state index is 0.0207. The molecule has 3 rings (SSSR count). The lowest BCUT2D eigenvalue weighted by atomic mass is 9.60. The van der Waals surface area contributed by atoms with Crippen LogP contribution in [0.15, 0.2) is 0 Å². The molecular weight excluding hydrogens is 270 g/mol. The third kappa shape index (κ3) is 2.25. The SMILES string of the molecule is CC(C)(C)OC(=O)N1CC(O)(C2(CO)CC3CCC2C3)C1. The third-order valence-corrected chi connectivity index (χ3v) is 5.74. The van der Waals surface area contributed by atoms with Crippen LogP contribution >= 0.6 is 0 Å². The van der Waals surface area contributed by atoms with Crippen LogP contribution in [-0.2, 0) is 4.74 Å². The molecular formula is C16H27NO4. The van der Waals surface area contributed by atoms with E-state index >= 15 is 0 Å². The van der Waals surface area contributed by atoms with Crippen molar-refractivity contribution in [3.05, 3.63) is 0 Å². The van der Waals surface area contributed by atoms with Crippen molar-refractivity contribution in [3.8, 4) is 0 Å². The topological polar surface area (TPSA) is 70.0 Å². The molecule has 3 unspecified atom stereocenters. The molecule has 3 fully saturated rings. The van der Waals surface area contributed by atoms with Gasteiger partial charge < -0.3 is 19.8 Å². The van der Waals surface area contributed by atoms with E-state index in [-0.39, 0.29) is 25.8 Å². The number of carbonyl (C=O) groups excluding carboxylic acids is 1. The van der Waals surface area contributed by atoms with E-state index in [0.29, 0.717) is 11.8 Å². The summed E-state index contributed by atoms with van der Waals surface area (Å²) in [5.74, 6) is 1.04. The molecule has 0 spiro atoms. The van der Waals surface area contributed by atoms with Gasteiger partial charge in [-0.05, 0) is 51.9 Å². The van der Waals surface area contributed by atoms with Crippen molar-refractivity contribution in [2.45, 2.75) is 57.7 Å². The van der Waals surface area contributed by atoms with Crippen LogP contribution in [0, 0.1) is 17.3 Å². The molecule has 5 heteroatoms. The van der Waals surface area contributed by atoms with E-state index in [1.165, 1.54) is 6.42 Å². The fraction of sp³-hybridized carbons (Fsp3) is 0.938. The van der Waals surface area contributed by atoms with Gasteiger partial charge in [-0.3, -0.25) is 0 Å². The molecule has 0 radical (unpaired) electrons. The Morgan fingerprint density at radius 1 is 1.33 bits per heavy atom. The number of amides is 1. The van der Waals surface area contributed by atoms with E-state index in [4.69, 9.17) is 4.74 Å². The Bertz CT molecular complexity index is 438. The van der Waals surface area contributed by atoms with E-state index < -0.39 is 16.6 Å². The second kappa shape index (κ2) is 4.59. The molecule has 0 aromatic carbocycles. The first-order chi connectivity index (χ1) is 9.69. The lowest BCUT2D eigenvalue weighted by Gasteiger charge is -2.57. The van der Waals surface area contributed by atoms with Gasteiger partial charge in [-0.25, -0.2) is 4.79 Å². The van der Waals surface area contributed by atoms with Crippen LogP contribution in [0.3, 0.4) is 0 Å². The number of aliphatic hydroxyl groups is 2. The molecule has 1 aliphatic heterocycles. The number of carbonyl (C=O) groups is 1. The summed E-state index contributed by atoms with van der Waals surface area (Å²) in [5, 5.41) is 20.9. The molecule has 2 aliphatic carbocycles. The smallest absolute Gasteiger partial charge is 0.410 e. The first kappa shape index (κ1) is 15.1. The zero-order valence-electron chi connectivity index (χ0n) is 13.3. The number of fused-ring (bicyclic) bond motifs is 2. The monoisotopic (exact) mass is 297 g/mol. The van der Waals surface area contributed by atoms with E-state index in [1.807, 2.05) is 20.8 Å². The molecule has 0 aromatic rings. The normalized spacial score (nSPS) is 37.5. The molecule has 1 heterocycles. The van der Waals surface area contributed by atoms with Crippen molar-refractivity contribution in [2.24, 2.45) is 17.3 Å². The third-order valence-electron chi connectivity index (χ3n) is 5.74. The summed E-state index contributed by atoms with van der Waals surface area (Å²) in [6.07, 6.45) is 3.96. The average molecular weight is 297 g/mol. The largest absolute Gasteiger partial charge is 0.444 e. The van der Waals surface area contributed by atoms with Gasteiger partial charge >= 0.3 is 6.09 Å². The highest BCUT2D eigenvalue weighted by Gasteiger charge is 2.65. The lowest BCUT2D eigenvalue weighted by molar-refractivity contribution is -0.204. The summed E-state index contributed by atoms with van der Waals surface area (Å²) in [5.41, 5.74) is -1.88. The summed E-state index contributed by atoms with van der Waals surface area (Å²) < 4.78 is 5.34. The molecule has 3 aliphatic rings. The van der Waals surface area contributed by atoms with Crippen molar-refractivity contribution >= 4 is 6.09 Å². The molecule has 21 heavy (non-hydrogen) atoms. The van der Waals surface area contributed by atoms with Crippen LogP contribution < -0.4 is 0 Å². The van der Waals surface area contributed by atoms with Crippen LogP contribution in [0.25, 0.3) is 0 Å². The van der Waals surface area contributed by atoms with Gasteiger partial charge in [0.15, 0.2) is 0 Å². The van der Waals surface area contributed by atoms with Crippen molar-refractivity contribution in [1.29, 1.82) is 0 Å². The van der Waals surface area contributed by atoms with Gasteiger partial charge in [0.25, 0.3) is 0 Å². The Morgan fingerprint density at radius 3 is 2.43 bits per heavy atom. The van der Waals surface area contributed by atoms with Gasteiger partial charge in [-0.15, -0.1) is 0 Å². The van der Waals surface area contributed by atoms with E-state index in [1.54, 1.807) is 4.90 Å². The maximum atomic E-state index is 12.0. The first-order valence-corrected chi connectivity index (χ1v) is 8.00. The number of β-amino-alcohol motifs (C(OH)–C–C–N with tert-alkyl or cyclic N) is 1. The molecule has 2 saturated carbocycles. The minimum atomic E-state index is -0.946. The fourth-order valence-corrected chi connectivity index (χ4v) is 4.71. The minimum Gasteiger partial charge on any atom is -0.444 e. The number of aliphatic hydroxyl groups excluding tert-OH is 1. The van der Waals surface area contributed by atoms with Crippen molar-refractivity contribution < 1.29 is 19.7 Å². The standard InChI is InChI=1S/C16H27NO4/c1-14(2,3)21-13(19)17-8-16(20,9-17)15(10-18)7-11-4-5-12(15)6-11/h11-12,18,20H,4-10H2,1-3H3. The fourth-order valence-electron chi connectivity index (χ4n) is 4.71. The quantitative estimate of drug-likeness (QED) is 0.815. The summed E-state index contributed by atoms with van der Waals surface area (Å²) >= 11 is 0. The second-order valence-electron chi connectivity index (χ2n) is 8.26. The van der Waals surface area contributed by atoms with Gasteiger partial charge in [0.2, 0.25) is 0 Å². The van der Waals surface area contributed by atoms with Gasteiger partial charge in [0.1, 0.15) is 11.2 Å². The highest BCUT2D eigenvalue weighted by Crippen LogP contribution is 2.61. The summed E-state index contributed by atoms with van der Waals surface area (Å²) in [7, 11) is 0. The number of likely N-dealkylation sites (tertiary alicyclic amines) is 1. The lowest BCUT2D eigenvalue weighted by Crippen LogP contribution is -2.73. The van der Waals surface area contributed by atoms with Gasteiger partial charge in [0, 0.05) is 5.41 Å². The number of ether oxygens (including phenoxy) is 1. The van der Waals surface area contributed by atoms with Crippen LogP contribution in [0.2, 0.25) is 0 Å². The zero-order chi connectivity index (χ0) is 15.5. The number of hydrogen-bond acceptors (Lipinski definition) is 4. The van der Waals surface area contributed by atoms with Crippen LogP contribution in [0.4, 0.5) is 4.79 Å². The molecule has 2 bridgehead atoms. The average Bonchev–Trinajstić information content (AvgIpc) is 2.93. The summed E-state index contributed by atoms with van der Waals surface area (Å²) in [4.78, 5) is 13.6. The maximum Gasteiger partial charge on any atom is 0.410 e. The molecule has 0 aromatic heterocycles. The van der Waals surface area contributed by atoms with Crippen LogP contribution in [-0.4, -0.2) is 52.1 Å². The Kier molecular flexibility index (Phi) is 3.30. The molecule has 1 amide bonds. The Labute approximate surface area is 126 Å². The van der Waals surface area contributed by atoms with Gasteiger partial charge in [-0.1, -0.05) is 6.42 Å². The predicted octanol–water partition coefficient (Wildman–Crippen LogP) is 1.77. The Hall–Kier alpha value is -0.810. The predicted molar refractivity (Wildman–Crippen MR) is 77.7 cm³/mol. The summed E-state index contributed by atoms with van der Waals surface area (Å²) in [6.45, 7) is 6.09. The van der Waals surface area contributed by atoms with Crippen molar-refractivity contribution in [1.82, 2.24) is 4.90 Å². The Balaban J connectivity index is 1.67. The molecule has 1 saturated heterocycles. The Morgan fingerprint density at radius 2 is 2.00 bits per heavy atom. The van der Waals surface area contributed by atoms with Crippen molar-refractivity contribution in [3.63, 3.8) is 0 Å². The molecule has 5 nitrogen and oxygen atoms in total. The van der Waals surface area contributed by atoms with Crippen LogP contribution in [0.5, 0.6) is 0 Å². The second-order valence-corrected chi connectivity index (χ2v) is 8.26. The first-order valence-electron chi connectivity index (χ1n) is 8.00. The van der Waals surface area contributed by atoms with Crippen LogP contribution in [0.1, 0.15) is 46.5 Å². The highest BCUT2D eigenvalue weighted by atomic mass is 16.6. The highest BCUT2D eigenvalue weighted by molar-refractivity contribution is 5.69.